The topological polar surface area (TPSA) is 46.9 Å². The Morgan fingerprint density at radius 1 is 1.35 bits per heavy atom. The second-order valence-corrected chi connectivity index (χ2v) is 5.26. The van der Waals surface area contributed by atoms with E-state index >= 15 is 0 Å². The van der Waals surface area contributed by atoms with Gasteiger partial charge in [0.05, 0.1) is 16.7 Å². The molecule has 2 rings (SSSR count). The predicted molar refractivity (Wildman–Crippen MR) is 78.1 cm³/mol. The number of rotatable bonds is 4. The number of nitrogens with zero attached hydrogens (tertiary/aromatic N) is 2. The molecular formula is C14H15BrFN3O. The van der Waals surface area contributed by atoms with Gasteiger partial charge in [0, 0.05) is 17.8 Å². The van der Waals surface area contributed by atoms with Gasteiger partial charge in [-0.05, 0) is 54.0 Å². The molecule has 1 aromatic heterocycles. The minimum absolute atomic E-state index is 0.217. The fourth-order valence-corrected chi connectivity index (χ4v) is 2.16. The molecule has 0 saturated carbocycles. The summed E-state index contributed by atoms with van der Waals surface area (Å²) in [5.41, 5.74) is 2.40. The molecule has 0 aliphatic carbocycles. The van der Waals surface area contributed by atoms with E-state index < -0.39 is 0 Å². The molecule has 0 bridgehead atoms. The van der Waals surface area contributed by atoms with Crippen LogP contribution in [0.3, 0.4) is 0 Å². The average molecular weight is 340 g/mol. The first-order valence-electron chi connectivity index (χ1n) is 6.22. The zero-order chi connectivity index (χ0) is 14.7. The summed E-state index contributed by atoms with van der Waals surface area (Å²) in [6.45, 7) is 4.94. The molecule has 0 aliphatic heterocycles. The SMILES string of the molecule is Cc1nn(CCNC(=O)c2ccc(F)cc2)c(C)c1Br. The van der Waals surface area contributed by atoms with Crippen LogP contribution in [0.4, 0.5) is 4.39 Å². The molecule has 0 aliphatic rings. The number of aryl methyl sites for hydroxylation is 1. The molecule has 20 heavy (non-hydrogen) atoms. The number of halogens is 2. The Labute approximate surface area is 125 Å². The van der Waals surface area contributed by atoms with Crippen molar-refractivity contribution in [2.75, 3.05) is 6.54 Å². The van der Waals surface area contributed by atoms with Crippen LogP contribution >= 0.6 is 15.9 Å². The summed E-state index contributed by atoms with van der Waals surface area (Å²) in [6.07, 6.45) is 0. The summed E-state index contributed by atoms with van der Waals surface area (Å²) in [7, 11) is 0. The Morgan fingerprint density at radius 3 is 2.55 bits per heavy atom. The van der Waals surface area contributed by atoms with Crippen molar-refractivity contribution >= 4 is 21.8 Å². The van der Waals surface area contributed by atoms with E-state index in [9.17, 15) is 9.18 Å². The van der Waals surface area contributed by atoms with Gasteiger partial charge in [0.15, 0.2) is 0 Å². The Kier molecular flexibility index (Phi) is 4.54. The summed E-state index contributed by atoms with van der Waals surface area (Å²) in [5, 5.41) is 7.15. The second-order valence-electron chi connectivity index (χ2n) is 4.47. The van der Waals surface area contributed by atoms with E-state index in [0.29, 0.717) is 18.7 Å². The van der Waals surface area contributed by atoms with Crippen molar-refractivity contribution in [1.82, 2.24) is 15.1 Å². The number of hydrogen-bond acceptors (Lipinski definition) is 2. The maximum absolute atomic E-state index is 12.8. The van der Waals surface area contributed by atoms with E-state index in [4.69, 9.17) is 0 Å². The maximum atomic E-state index is 12.8. The van der Waals surface area contributed by atoms with Gasteiger partial charge in [0.25, 0.3) is 5.91 Å². The van der Waals surface area contributed by atoms with Crippen LogP contribution < -0.4 is 5.32 Å². The summed E-state index contributed by atoms with van der Waals surface area (Å²) < 4.78 is 15.6. The van der Waals surface area contributed by atoms with Crippen molar-refractivity contribution in [3.8, 4) is 0 Å². The first-order valence-corrected chi connectivity index (χ1v) is 7.01. The number of carbonyl (C=O) groups is 1. The summed E-state index contributed by atoms with van der Waals surface area (Å²) in [5.74, 6) is -0.570. The van der Waals surface area contributed by atoms with Gasteiger partial charge in [-0.25, -0.2) is 4.39 Å². The Balaban J connectivity index is 1.91. The third-order valence-electron chi connectivity index (χ3n) is 3.01. The van der Waals surface area contributed by atoms with E-state index in [1.807, 2.05) is 18.5 Å². The van der Waals surface area contributed by atoms with Gasteiger partial charge >= 0.3 is 0 Å². The first kappa shape index (κ1) is 14.7. The molecule has 0 saturated heterocycles. The fourth-order valence-electron chi connectivity index (χ4n) is 1.87. The minimum atomic E-state index is -0.353. The Bertz CT molecular complexity index is 622. The monoisotopic (exact) mass is 339 g/mol. The standard InChI is InChI=1S/C14H15BrFN3O/c1-9-13(15)10(2)19(18-9)8-7-17-14(20)11-3-5-12(16)6-4-11/h3-6H,7-8H2,1-2H3,(H,17,20). The van der Waals surface area contributed by atoms with E-state index in [2.05, 4.69) is 26.3 Å². The summed E-state index contributed by atoms with van der Waals surface area (Å²) >= 11 is 3.46. The fraction of sp³-hybridized carbons (Fsp3) is 0.286. The second kappa shape index (κ2) is 6.17. The van der Waals surface area contributed by atoms with Crippen LogP contribution in [0.5, 0.6) is 0 Å². The number of amides is 1. The lowest BCUT2D eigenvalue weighted by atomic mass is 10.2. The lowest BCUT2D eigenvalue weighted by Gasteiger charge is -2.07. The molecule has 1 aromatic carbocycles. The molecular weight excluding hydrogens is 325 g/mol. The number of benzene rings is 1. The van der Waals surface area contributed by atoms with Gasteiger partial charge in [-0.2, -0.15) is 5.10 Å². The lowest BCUT2D eigenvalue weighted by Crippen LogP contribution is -2.27. The third kappa shape index (κ3) is 3.25. The normalized spacial score (nSPS) is 10.6. The smallest absolute Gasteiger partial charge is 0.251 e. The van der Waals surface area contributed by atoms with Gasteiger partial charge in [-0.3, -0.25) is 9.48 Å². The van der Waals surface area contributed by atoms with Gasteiger partial charge < -0.3 is 5.32 Å². The average Bonchev–Trinajstić information content (AvgIpc) is 2.67. The molecule has 0 radical (unpaired) electrons. The van der Waals surface area contributed by atoms with Gasteiger partial charge in [-0.15, -0.1) is 0 Å². The van der Waals surface area contributed by atoms with Crippen LogP contribution in [0.25, 0.3) is 0 Å². The van der Waals surface area contributed by atoms with Crippen molar-refractivity contribution in [2.24, 2.45) is 0 Å². The molecule has 1 amide bonds. The molecule has 1 heterocycles. The molecule has 0 spiro atoms. The van der Waals surface area contributed by atoms with E-state index in [-0.39, 0.29) is 11.7 Å². The van der Waals surface area contributed by atoms with Crippen LogP contribution in [-0.4, -0.2) is 22.2 Å². The Morgan fingerprint density at radius 2 is 2.00 bits per heavy atom. The van der Waals surface area contributed by atoms with Crippen molar-refractivity contribution < 1.29 is 9.18 Å². The van der Waals surface area contributed by atoms with Crippen LogP contribution in [0.15, 0.2) is 28.7 Å². The first-order chi connectivity index (χ1) is 9.49. The van der Waals surface area contributed by atoms with Crippen LogP contribution in [0.1, 0.15) is 21.7 Å². The van der Waals surface area contributed by atoms with Crippen molar-refractivity contribution in [1.29, 1.82) is 0 Å². The van der Waals surface area contributed by atoms with E-state index in [1.165, 1.54) is 24.3 Å². The van der Waals surface area contributed by atoms with E-state index in [1.54, 1.807) is 0 Å². The van der Waals surface area contributed by atoms with Crippen molar-refractivity contribution in [3.05, 3.63) is 51.5 Å². The highest BCUT2D eigenvalue weighted by molar-refractivity contribution is 9.10. The number of carbonyl (C=O) groups excluding carboxylic acids is 1. The van der Waals surface area contributed by atoms with E-state index in [0.717, 1.165) is 15.9 Å². The molecule has 0 atom stereocenters. The molecule has 4 nitrogen and oxygen atoms in total. The largest absolute Gasteiger partial charge is 0.350 e. The van der Waals surface area contributed by atoms with Crippen LogP contribution in [0.2, 0.25) is 0 Å². The third-order valence-corrected chi connectivity index (χ3v) is 4.16. The highest BCUT2D eigenvalue weighted by Gasteiger charge is 2.09. The van der Waals surface area contributed by atoms with Gasteiger partial charge in [-0.1, -0.05) is 0 Å². The molecule has 2 aromatic rings. The molecule has 0 fully saturated rings. The van der Waals surface area contributed by atoms with Gasteiger partial charge in [0.1, 0.15) is 5.82 Å². The molecule has 0 unspecified atom stereocenters. The van der Waals surface area contributed by atoms with Crippen molar-refractivity contribution in [2.45, 2.75) is 20.4 Å². The minimum Gasteiger partial charge on any atom is -0.350 e. The molecule has 6 heteroatoms. The highest BCUT2D eigenvalue weighted by atomic mass is 79.9. The number of aromatic nitrogens is 2. The highest BCUT2D eigenvalue weighted by Crippen LogP contribution is 2.19. The molecule has 106 valence electrons. The lowest BCUT2D eigenvalue weighted by molar-refractivity contribution is 0.0952. The Hall–Kier alpha value is -1.69. The predicted octanol–water partition coefficient (Wildman–Crippen LogP) is 2.83. The zero-order valence-electron chi connectivity index (χ0n) is 11.3. The van der Waals surface area contributed by atoms with Crippen LogP contribution in [0, 0.1) is 19.7 Å². The number of hydrogen-bond donors (Lipinski definition) is 1. The molecule has 1 N–H and O–H groups in total. The zero-order valence-corrected chi connectivity index (χ0v) is 12.9. The summed E-state index contributed by atoms with van der Waals surface area (Å²) in [6, 6.07) is 5.47. The van der Waals surface area contributed by atoms with Crippen molar-refractivity contribution in [3.63, 3.8) is 0 Å². The maximum Gasteiger partial charge on any atom is 0.251 e. The van der Waals surface area contributed by atoms with Crippen LogP contribution in [-0.2, 0) is 6.54 Å². The number of nitrogens with one attached hydrogen (secondary N) is 1. The van der Waals surface area contributed by atoms with Gasteiger partial charge in [0.2, 0.25) is 0 Å². The quantitative estimate of drug-likeness (QED) is 0.930. The summed E-state index contributed by atoms with van der Waals surface area (Å²) in [4.78, 5) is 11.8.